The van der Waals surface area contributed by atoms with E-state index in [9.17, 15) is 0 Å². The van der Waals surface area contributed by atoms with Crippen LogP contribution in [0.5, 0.6) is 5.75 Å². The van der Waals surface area contributed by atoms with Gasteiger partial charge in [0.1, 0.15) is 5.75 Å². The Hall–Kier alpha value is -1.26. The van der Waals surface area contributed by atoms with Crippen LogP contribution in [0.4, 0.5) is 0 Å². The summed E-state index contributed by atoms with van der Waals surface area (Å²) in [5.74, 6) is 0.871. The first-order chi connectivity index (χ1) is 7.31. The number of thiophene rings is 1. The van der Waals surface area contributed by atoms with E-state index in [2.05, 4.69) is 0 Å². The number of nitrogens with two attached hydrogens (primary N) is 1. The molecule has 0 aliphatic rings. The van der Waals surface area contributed by atoms with Crippen molar-refractivity contribution in [1.82, 2.24) is 0 Å². The Bertz CT molecular complexity index is 408. The van der Waals surface area contributed by atoms with Crippen molar-refractivity contribution in [3.8, 4) is 5.75 Å². The van der Waals surface area contributed by atoms with Crippen LogP contribution in [0.25, 0.3) is 0 Å². The van der Waals surface area contributed by atoms with Crippen molar-refractivity contribution < 1.29 is 9.15 Å². The molecule has 2 heterocycles. The Labute approximate surface area is 92.5 Å². The molecule has 0 aliphatic carbocycles. The van der Waals surface area contributed by atoms with E-state index in [0.717, 1.165) is 22.6 Å². The molecule has 0 radical (unpaired) electrons. The van der Waals surface area contributed by atoms with Crippen molar-refractivity contribution >= 4 is 11.3 Å². The van der Waals surface area contributed by atoms with Crippen LogP contribution in [0.2, 0.25) is 0 Å². The smallest absolute Gasteiger partial charge is 0.134 e. The largest absolute Gasteiger partial charge is 0.496 e. The van der Waals surface area contributed by atoms with Crippen LogP contribution in [0.15, 0.2) is 34.5 Å². The standard InChI is InChI=1S/C11H13NO2S/c1-13-10-3-5-15-11(10)9(12)6-8-2-4-14-7-8/h2-5,7,9H,6,12H2,1H3. The van der Waals surface area contributed by atoms with Gasteiger partial charge in [0.25, 0.3) is 0 Å². The minimum Gasteiger partial charge on any atom is -0.496 e. The van der Waals surface area contributed by atoms with Gasteiger partial charge in [0.2, 0.25) is 0 Å². The average Bonchev–Trinajstić information content (AvgIpc) is 2.86. The summed E-state index contributed by atoms with van der Waals surface area (Å²) in [6.45, 7) is 0. The Balaban J connectivity index is 2.11. The predicted octanol–water partition coefficient (Wildman–Crippen LogP) is 2.59. The average molecular weight is 223 g/mol. The molecular formula is C11H13NO2S. The number of hydrogen-bond donors (Lipinski definition) is 1. The Kier molecular flexibility index (Phi) is 3.08. The first-order valence-electron chi connectivity index (χ1n) is 4.69. The molecule has 1 atom stereocenters. The van der Waals surface area contributed by atoms with Crippen LogP contribution in [0, 0.1) is 0 Å². The van der Waals surface area contributed by atoms with E-state index in [4.69, 9.17) is 14.9 Å². The molecule has 0 saturated heterocycles. The number of rotatable bonds is 4. The normalized spacial score (nSPS) is 12.7. The SMILES string of the molecule is COc1ccsc1C(N)Cc1ccoc1. The zero-order chi connectivity index (χ0) is 10.7. The van der Waals surface area contributed by atoms with Crippen LogP contribution < -0.4 is 10.5 Å². The van der Waals surface area contributed by atoms with Crippen molar-refractivity contribution in [2.75, 3.05) is 7.11 Å². The Morgan fingerprint density at radius 2 is 2.40 bits per heavy atom. The van der Waals surface area contributed by atoms with Gasteiger partial charge in [-0.25, -0.2) is 0 Å². The fourth-order valence-electron chi connectivity index (χ4n) is 1.50. The summed E-state index contributed by atoms with van der Waals surface area (Å²) >= 11 is 1.62. The number of furan rings is 1. The van der Waals surface area contributed by atoms with Crippen LogP contribution in [0.3, 0.4) is 0 Å². The van der Waals surface area contributed by atoms with Gasteiger partial charge in [-0.05, 0) is 29.5 Å². The molecule has 1 unspecified atom stereocenters. The minimum atomic E-state index is -0.0300. The monoisotopic (exact) mass is 223 g/mol. The molecule has 0 bridgehead atoms. The summed E-state index contributed by atoms with van der Waals surface area (Å²) < 4.78 is 10.2. The Morgan fingerprint density at radius 1 is 1.53 bits per heavy atom. The molecule has 2 aromatic heterocycles. The summed E-state index contributed by atoms with van der Waals surface area (Å²) in [4.78, 5) is 1.08. The molecular weight excluding hydrogens is 210 g/mol. The van der Waals surface area contributed by atoms with Gasteiger partial charge in [-0.15, -0.1) is 11.3 Å². The van der Waals surface area contributed by atoms with Crippen LogP contribution in [0.1, 0.15) is 16.5 Å². The van der Waals surface area contributed by atoms with E-state index in [0.29, 0.717) is 0 Å². The summed E-state index contributed by atoms with van der Waals surface area (Å²) in [6.07, 6.45) is 4.15. The second-order valence-electron chi connectivity index (χ2n) is 3.30. The molecule has 80 valence electrons. The lowest BCUT2D eigenvalue weighted by molar-refractivity contribution is 0.408. The molecule has 0 fully saturated rings. The third-order valence-electron chi connectivity index (χ3n) is 2.25. The topological polar surface area (TPSA) is 48.4 Å². The lowest BCUT2D eigenvalue weighted by Crippen LogP contribution is -2.12. The molecule has 4 heteroatoms. The second kappa shape index (κ2) is 4.51. The van der Waals surface area contributed by atoms with Gasteiger partial charge in [0.15, 0.2) is 0 Å². The number of methoxy groups -OCH3 is 1. The highest BCUT2D eigenvalue weighted by molar-refractivity contribution is 7.10. The van der Waals surface area contributed by atoms with Crippen LogP contribution >= 0.6 is 11.3 Å². The van der Waals surface area contributed by atoms with Crippen LogP contribution in [-0.4, -0.2) is 7.11 Å². The molecule has 0 aliphatic heterocycles. The lowest BCUT2D eigenvalue weighted by Gasteiger charge is -2.10. The van der Waals surface area contributed by atoms with E-state index in [1.165, 1.54) is 0 Å². The van der Waals surface area contributed by atoms with Gasteiger partial charge in [0, 0.05) is 6.04 Å². The highest BCUT2D eigenvalue weighted by Crippen LogP contribution is 2.31. The fourth-order valence-corrected chi connectivity index (χ4v) is 2.37. The summed E-state index contributed by atoms with van der Waals surface area (Å²) in [5, 5.41) is 1.99. The van der Waals surface area contributed by atoms with E-state index in [1.807, 2.05) is 17.5 Å². The maximum Gasteiger partial charge on any atom is 0.134 e. The molecule has 0 saturated carbocycles. The van der Waals surface area contributed by atoms with Crippen molar-refractivity contribution in [1.29, 1.82) is 0 Å². The number of hydrogen-bond acceptors (Lipinski definition) is 4. The fraction of sp³-hybridized carbons (Fsp3) is 0.273. The van der Waals surface area contributed by atoms with E-state index in [-0.39, 0.29) is 6.04 Å². The van der Waals surface area contributed by atoms with Crippen molar-refractivity contribution in [2.45, 2.75) is 12.5 Å². The maximum atomic E-state index is 6.10. The zero-order valence-corrected chi connectivity index (χ0v) is 9.29. The van der Waals surface area contributed by atoms with Crippen molar-refractivity contribution in [3.05, 3.63) is 40.5 Å². The maximum absolute atomic E-state index is 6.10. The molecule has 0 aromatic carbocycles. The highest BCUT2D eigenvalue weighted by Gasteiger charge is 2.14. The second-order valence-corrected chi connectivity index (χ2v) is 4.24. The summed E-state index contributed by atoms with van der Waals surface area (Å²) in [5.41, 5.74) is 7.21. The van der Waals surface area contributed by atoms with Gasteiger partial charge < -0.3 is 14.9 Å². The van der Waals surface area contributed by atoms with E-state index in [1.54, 1.807) is 31.0 Å². The van der Waals surface area contributed by atoms with Crippen LogP contribution in [-0.2, 0) is 6.42 Å². The predicted molar refractivity (Wildman–Crippen MR) is 60.2 cm³/mol. The van der Waals surface area contributed by atoms with E-state index >= 15 is 0 Å². The molecule has 2 aromatic rings. The first-order valence-corrected chi connectivity index (χ1v) is 5.57. The van der Waals surface area contributed by atoms with Crippen molar-refractivity contribution in [3.63, 3.8) is 0 Å². The molecule has 2 rings (SSSR count). The quantitative estimate of drug-likeness (QED) is 0.866. The zero-order valence-electron chi connectivity index (χ0n) is 8.47. The van der Waals surface area contributed by atoms with Gasteiger partial charge in [0.05, 0.1) is 24.5 Å². The molecule has 15 heavy (non-hydrogen) atoms. The first kappa shape index (κ1) is 10.3. The summed E-state index contributed by atoms with van der Waals surface area (Å²) in [7, 11) is 1.66. The molecule has 0 amide bonds. The molecule has 2 N–H and O–H groups in total. The molecule has 3 nitrogen and oxygen atoms in total. The van der Waals surface area contributed by atoms with Gasteiger partial charge >= 0.3 is 0 Å². The third kappa shape index (κ3) is 2.22. The highest BCUT2D eigenvalue weighted by atomic mass is 32.1. The minimum absolute atomic E-state index is 0.0300. The van der Waals surface area contributed by atoms with E-state index < -0.39 is 0 Å². The third-order valence-corrected chi connectivity index (χ3v) is 3.28. The summed E-state index contributed by atoms with van der Waals surface area (Å²) in [6, 6.07) is 3.84. The Morgan fingerprint density at radius 3 is 3.07 bits per heavy atom. The van der Waals surface area contributed by atoms with Gasteiger partial charge in [-0.1, -0.05) is 0 Å². The van der Waals surface area contributed by atoms with Gasteiger partial charge in [-0.2, -0.15) is 0 Å². The van der Waals surface area contributed by atoms with Gasteiger partial charge in [-0.3, -0.25) is 0 Å². The number of ether oxygens (including phenoxy) is 1. The van der Waals surface area contributed by atoms with Crippen molar-refractivity contribution in [2.24, 2.45) is 5.73 Å². The lowest BCUT2D eigenvalue weighted by atomic mass is 10.1. The molecule has 0 spiro atoms.